The summed E-state index contributed by atoms with van der Waals surface area (Å²) in [6.45, 7) is 1.61. The molecule has 1 N–H and O–H groups in total. The molecule has 0 radical (unpaired) electrons. The number of benzene rings is 2. The fraction of sp³-hybridized carbons (Fsp3) is 0.300. The predicted molar refractivity (Wildman–Crippen MR) is 113 cm³/mol. The Kier molecular flexibility index (Phi) is 7.60. The van der Waals surface area contributed by atoms with Crippen LogP contribution in [0.2, 0.25) is 0 Å². The predicted octanol–water partition coefficient (Wildman–Crippen LogP) is 2.18. The molecule has 8 nitrogen and oxygen atoms in total. The molecule has 0 unspecified atom stereocenters. The van der Waals surface area contributed by atoms with E-state index in [1.54, 1.807) is 30.3 Å². The van der Waals surface area contributed by atoms with Gasteiger partial charge in [-0.15, -0.1) is 0 Å². The number of carbonyl (C=O) groups is 1. The highest BCUT2D eigenvalue weighted by molar-refractivity contribution is 7.92. The number of hydrogen-bond donors (Lipinski definition) is 1. The Labute approximate surface area is 171 Å². The second kappa shape index (κ2) is 9.92. The van der Waals surface area contributed by atoms with Crippen LogP contribution in [0, 0.1) is 0 Å². The summed E-state index contributed by atoms with van der Waals surface area (Å²) in [7, 11) is -0.623. The fourth-order valence-corrected chi connectivity index (χ4v) is 3.51. The lowest BCUT2D eigenvalue weighted by atomic mass is 10.1. The van der Waals surface area contributed by atoms with Crippen molar-refractivity contribution in [3.8, 4) is 11.5 Å². The van der Waals surface area contributed by atoms with Crippen molar-refractivity contribution < 1.29 is 22.7 Å². The Morgan fingerprint density at radius 3 is 2.38 bits per heavy atom. The van der Waals surface area contributed by atoms with Crippen LogP contribution in [0.5, 0.6) is 11.5 Å². The van der Waals surface area contributed by atoms with Gasteiger partial charge in [0, 0.05) is 5.56 Å². The zero-order valence-electron chi connectivity index (χ0n) is 16.9. The molecular weight excluding hydrogens is 394 g/mol. The molecule has 2 aromatic rings. The molecule has 0 aromatic heterocycles. The van der Waals surface area contributed by atoms with Crippen molar-refractivity contribution in [1.29, 1.82) is 0 Å². The minimum atomic E-state index is -3.65. The summed E-state index contributed by atoms with van der Waals surface area (Å²) >= 11 is 0. The number of rotatable bonds is 9. The van der Waals surface area contributed by atoms with E-state index in [0.717, 1.165) is 22.5 Å². The van der Waals surface area contributed by atoms with E-state index in [9.17, 15) is 13.2 Å². The molecule has 0 aliphatic heterocycles. The van der Waals surface area contributed by atoms with E-state index in [0.29, 0.717) is 22.7 Å². The molecule has 0 saturated carbocycles. The van der Waals surface area contributed by atoms with Crippen molar-refractivity contribution in [1.82, 2.24) is 5.43 Å². The molecule has 29 heavy (non-hydrogen) atoms. The van der Waals surface area contributed by atoms with Gasteiger partial charge in [-0.25, -0.2) is 13.8 Å². The first-order chi connectivity index (χ1) is 13.8. The summed E-state index contributed by atoms with van der Waals surface area (Å²) < 4.78 is 35.8. The zero-order valence-corrected chi connectivity index (χ0v) is 17.7. The first-order valence-corrected chi connectivity index (χ1v) is 10.7. The number of nitrogens with zero attached hydrogens (tertiary/aromatic N) is 2. The van der Waals surface area contributed by atoms with Crippen LogP contribution in [0.4, 0.5) is 5.69 Å². The van der Waals surface area contributed by atoms with Gasteiger partial charge in [0.05, 0.1) is 32.4 Å². The Morgan fingerprint density at radius 1 is 1.14 bits per heavy atom. The minimum absolute atomic E-state index is 0.392. The number of carbonyl (C=O) groups excluding carboxylic acids is 1. The fourth-order valence-electron chi connectivity index (χ4n) is 2.65. The molecule has 0 atom stereocenters. The maximum atomic E-state index is 12.3. The lowest BCUT2D eigenvalue weighted by Crippen LogP contribution is -2.39. The molecule has 1 amide bonds. The van der Waals surface area contributed by atoms with Gasteiger partial charge < -0.3 is 9.47 Å². The van der Waals surface area contributed by atoms with Crippen LogP contribution < -0.4 is 19.2 Å². The highest BCUT2D eigenvalue weighted by atomic mass is 32.2. The highest BCUT2D eigenvalue weighted by Gasteiger charge is 2.20. The van der Waals surface area contributed by atoms with Crippen LogP contribution in [-0.2, 0) is 21.2 Å². The summed E-state index contributed by atoms with van der Waals surface area (Å²) in [6, 6.07) is 12.3. The lowest BCUT2D eigenvalue weighted by molar-refractivity contribution is -0.119. The normalized spacial score (nSPS) is 11.3. The average molecular weight is 420 g/mol. The van der Waals surface area contributed by atoms with Crippen LogP contribution in [-0.4, -0.2) is 47.6 Å². The number of aryl methyl sites for hydroxylation is 1. The van der Waals surface area contributed by atoms with Crippen molar-refractivity contribution in [2.45, 2.75) is 13.3 Å². The first kappa shape index (κ1) is 22.2. The van der Waals surface area contributed by atoms with Gasteiger partial charge in [-0.2, -0.15) is 5.10 Å². The molecule has 2 rings (SSSR count). The number of methoxy groups -OCH3 is 2. The summed E-state index contributed by atoms with van der Waals surface area (Å²) in [5, 5.41) is 3.90. The minimum Gasteiger partial charge on any atom is -0.493 e. The lowest BCUT2D eigenvalue weighted by Gasteiger charge is -2.21. The maximum Gasteiger partial charge on any atom is 0.260 e. The Bertz CT molecular complexity index is 972. The SMILES string of the molecule is CCc1ccc(N(CC(=O)N/N=C\c2cccc(OC)c2OC)S(C)(=O)=O)cc1. The number of para-hydroxylation sites is 1. The molecule has 0 bridgehead atoms. The smallest absolute Gasteiger partial charge is 0.260 e. The van der Waals surface area contributed by atoms with Crippen molar-refractivity contribution in [2.24, 2.45) is 5.10 Å². The summed E-state index contributed by atoms with van der Waals surface area (Å²) in [4.78, 5) is 12.3. The van der Waals surface area contributed by atoms with Crippen LogP contribution in [0.15, 0.2) is 47.6 Å². The molecule has 2 aromatic carbocycles. The summed E-state index contributed by atoms with van der Waals surface area (Å²) in [5.41, 5.74) is 4.43. The number of hydrogen-bond acceptors (Lipinski definition) is 6. The van der Waals surface area contributed by atoms with Crippen molar-refractivity contribution in [3.63, 3.8) is 0 Å². The van der Waals surface area contributed by atoms with Gasteiger partial charge in [-0.3, -0.25) is 9.10 Å². The number of amides is 1. The first-order valence-electron chi connectivity index (χ1n) is 8.89. The molecule has 0 aliphatic rings. The van der Waals surface area contributed by atoms with Gasteiger partial charge >= 0.3 is 0 Å². The van der Waals surface area contributed by atoms with Gasteiger partial charge in [-0.05, 0) is 36.2 Å². The van der Waals surface area contributed by atoms with E-state index < -0.39 is 22.5 Å². The standard InChI is InChI=1S/C20H25N3O5S/c1-5-15-9-11-17(12-10-15)23(29(4,25)26)14-19(24)22-21-13-16-7-6-8-18(27-2)20(16)28-3/h6-13H,5,14H2,1-4H3,(H,22,24)/b21-13-. The molecule has 0 spiro atoms. The van der Waals surface area contributed by atoms with E-state index in [1.807, 2.05) is 19.1 Å². The monoisotopic (exact) mass is 419 g/mol. The second-order valence-corrected chi connectivity index (χ2v) is 8.07. The van der Waals surface area contributed by atoms with Crippen molar-refractivity contribution >= 4 is 27.8 Å². The maximum absolute atomic E-state index is 12.3. The quantitative estimate of drug-likeness (QED) is 0.496. The number of nitrogens with one attached hydrogen (secondary N) is 1. The van der Waals surface area contributed by atoms with E-state index in [1.165, 1.54) is 20.4 Å². The zero-order chi connectivity index (χ0) is 21.4. The third-order valence-corrected chi connectivity index (χ3v) is 5.29. The number of ether oxygens (including phenoxy) is 2. The third kappa shape index (κ3) is 5.95. The molecule has 0 saturated heterocycles. The molecule has 9 heteroatoms. The van der Waals surface area contributed by atoms with Gasteiger partial charge in [0.25, 0.3) is 5.91 Å². The van der Waals surface area contributed by atoms with Gasteiger partial charge in [0.1, 0.15) is 6.54 Å². The van der Waals surface area contributed by atoms with Crippen molar-refractivity contribution in [2.75, 3.05) is 31.3 Å². The van der Waals surface area contributed by atoms with E-state index >= 15 is 0 Å². The Balaban J connectivity index is 2.12. The molecule has 156 valence electrons. The molecule has 0 heterocycles. The summed E-state index contributed by atoms with van der Waals surface area (Å²) in [5.74, 6) is 0.427. The van der Waals surface area contributed by atoms with Crippen LogP contribution >= 0.6 is 0 Å². The highest BCUT2D eigenvalue weighted by Crippen LogP contribution is 2.29. The molecule has 0 aliphatic carbocycles. The van der Waals surface area contributed by atoms with E-state index in [2.05, 4.69) is 10.5 Å². The van der Waals surface area contributed by atoms with Gasteiger partial charge in [-0.1, -0.05) is 25.1 Å². The summed E-state index contributed by atoms with van der Waals surface area (Å²) in [6.07, 6.45) is 3.29. The Hall–Kier alpha value is -3.07. The van der Waals surface area contributed by atoms with Gasteiger partial charge in [0.2, 0.25) is 10.0 Å². The van der Waals surface area contributed by atoms with E-state index in [4.69, 9.17) is 9.47 Å². The largest absolute Gasteiger partial charge is 0.493 e. The van der Waals surface area contributed by atoms with Crippen LogP contribution in [0.25, 0.3) is 0 Å². The van der Waals surface area contributed by atoms with Crippen molar-refractivity contribution in [3.05, 3.63) is 53.6 Å². The number of anilines is 1. The molecule has 0 fully saturated rings. The second-order valence-electron chi connectivity index (χ2n) is 6.17. The number of hydrazone groups is 1. The Morgan fingerprint density at radius 2 is 1.83 bits per heavy atom. The topological polar surface area (TPSA) is 97.3 Å². The van der Waals surface area contributed by atoms with Crippen LogP contribution in [0.3, 0.4) is 0 Å². The van der Waals surface area contributed by atoms with Crippen LogP contribution in [0.1, 0.15) is 18.1 Å². The molecular formula is C20H25N3O5S. The number of sulfonamides is 1. The third-order valence-electron chi connectivity index (χ3n) is 4.15. The van der Waals surface area contributed by atoms with E-state index in [-0.39, 0.29) is 0 Å². The van der Waals surface area contributed by atoms with Gasteiger partial charge in [0.15, 0.2) is 11.5 Å². The average Bonchev–Trinajstić information content (AvgIpc) is 2.71.